The van der Waals surface area contributed by atoms with Gasteiger partial charge in [-0.05, 0) is 30.7 Å². The van der Waals surface area contributed by atoms with E-state index in [9.17, 15) is 8.42 Å². The molecule has 3 rings (SSSR count). The highest BCUT2D eigenvalue weighted by Gasteiger charge is 2.24. The van der Waals surface area contributed by atoms with Gasteiger partial charge in [0.05, 0.1) is 11.9 Å². The van der Waals surface area contributed by atoms with Crippen LogP contribution >= 0.6 is 0 Å². The van der Waals surface area contributed by atoms with Crippen LogP contribution in [0.25, 0.3) is 0 Å². The van der Waals surface area contributed by atoms with Crippen LogP contribution in [0.1, 0.15) is 36.9 Å². The summed E-state index contributed by atoms with van der Waals surface area (Å²) in [6, 6.07) is 10.4. The van der Waals surface area contributed by atoms with Crippen LogP contribution in [0.2, 0.25) is 0 Å². The van der Waals surface area contributed by atoms with E-state index in [1.54, 1.807) is 13.3 Å². The molecule has 0 saturated heterocycles. The lowest BCUT2D eigenvalue weighted by Gasteiger charge is -2.32. The van der Waals surface area contributed by atoms with E-state index in [0.29, 0.717) is 19.7 Å². The lowest BCUT2D eigenvalue weighted by molar-refractivity contribution is 0.160. The minimum absolute atomic E-state index is 0.155. The topological polar surface area (TPSA) is 64.4 Å². The average molecular weight is 406 g/mol. The van der Waals surface area contributed by atoms with Crippen LogP contribution in [0.4, 0.5) is 0 Å². The molecule has 154 valence electrons. The predicted octanol–water partition coefficient (Wildman–Crippen LogP) is 3.13. The Bertz CT molecular complexity index is 845. The van der Waals surface area contributed by atoms with E-state index in [-0.39, 0.29) is 5.16 Å². The fourth-order valence-corrected chi connectivity index (χ4v) is 4.57. The highest BCUT2D eigenvalue weighted by molar-refractivity contribution is 7.90. The van der Waals surface area contributed by atoms with Crippen molar-refractivity contribution in [1.29, 1.82) is 0 Å². The molecule has 0 atom stereocenters. The first kappa shape index (κ1) is 21.0. The monoisotopic (exact) mass is 405 g/mol. The molecule has 0 unspecified atom stereocenters. The smallest absolute Gasteiger partial charge is 0.227 e. The summed E-state index contributed by atoms with van der Waals surface area (Å²) in [6.07, 6.45) is 7.59. The fraction of sp³-hybridized carbons (Fsp3) is 0.571. The summed E-state index contributed by atoms with van der Waals surface area (Å²) < 4.78 is 31.4. The SMILES string of the molecule is COCCCn1c(CN(Cc2ccccc2)CC2CCC2)cnc1S(C)(=O)=O. The Balaban J connectivity index is 1.80. The molecule has 1 aromatic carbocycles. The minimum Gasteiger partial charge on any atom is -0.385 e. The first-order valence-corrected chi connectivity index (χ1v) is 11.9. The summed E-state index contributed by atoms with van der Waals surface area (Å²) in [5, 5.41) is 0.155. The van der Waals surface area contributed by atoms with E-state index in [4.69, 9.17) is 4.74 Å². The first-order chi connectivity index (χ1) is 13.5. The second-order valence-electron chi connectivity index (χ2n) is 7.75. The van der Waals surface area contributed by atoms with E-state index in [1.165, 1.54) is 31.1 Å². The summed E-state index contributed by atoms with van der Waals surface area (Å²) in [7, 11) is -1.71. The number of imidazole rings is 1. The summed E-state index contributed by atoms with van der Waals surface area (Å²) >= 11 is 0. The molecule has 1 fully saturated rings. The third kappa shape index (κ3) is 5.65. The maximum Gasteiger partial charge on any atom is 0.227 e. The molecule has 2 aromatic rings. The van der Waals surface area contributed by atoms with Gasteiger partial charge < -0.3 is 9.30 Å². The van der Waals surface area contributed by atoms with Gasteiger partial charge in [-0.25, -0.2) is 13.4 Å². The number of aromatic nitrogens is 2. The van der Waals surface area contributed by atoms with Gasteiger partial charge in [0, 0.05) is 46.2 Å². The summed E-state index contributed by atoms with van der Waals surface area (Å²) in [5.74, 6) is 0.739. The molecule has 1 heterocycles. The number of rotatable bonds is 11. The van der Waals surface area contributed by atoms with Gasteiger partial charge in [-0.2, -0.15) is 0 Å². The van der Waals surface area contributed by atoms with Crippen molar-refractivity contribution in [2.75, 3.05) is 26.5 Å². The molecule has 1 aromatic heterocycles. The number of benzene rings is 1. The van der Waals surface area contributed by atoms with Gasteiger partial charge in [0.2, 0.25) is 15.0 Å². The maximum atomic E-state index is 12.2. The number of nitrogens with zero attached hydrogens (tertiary/aromatic N) is 3. The zero-order valence-corrected chi connectivity index (χ0v) is 17.7. The molecular formula is C21H31N3O3S. The van der Waals surface area contributed by atoms with E-state index in [0.717, 1.165) is 31.1 Å². The van der Waals surface area contributed by atoms with Crippen LogP contribution < -0.4 is 0 Å². The minimum atomic E-state index is -3.37. The van der Waals surface area contributed by atoms with Gasteiger partial charge >= 0.3 is 0 Å². The van der Waals surface area contributed by atoms with Crippen molar-refractivity contribution in [1.82, 2.24) is 14.5 Å². The normalized spacial score (nSPS) is 15.1. The molecule has 0 aliphatic heterocycles. The van der Waals surface area contributed by atoms with Crippen molar-refractivity contribution in [3.8, 4) is 0 Å². The second kappa shape index (κ2) is 9.67. The molecule has 0 N–H and O–H groups in total. The van der Waals surface area contributed by atoms with Gasteiger partial charge in [-0.15, -0.1) is 0 Å². The van der Waals surface area contributed by atoms with Crippen LogP contribution in [0.15, 0.2) is 41.7 Å². The predicted molar refractivity (Wildman–Crippen MR) is 110 cm³/mol. The van der Waals surface area contributed by atoms with E-state index in [2.05, 4.69) is 34.1 Å². The van der Waals surface area contributed by atoms with Crippen molar-refractivity contribution >= 4 is 9.84 Å². The van der Waals surface area contributed by atoms with Crippen LogP contribution in [0, 0.1) is 5.92 Å². The van der Waals surface area contributed by atoms with Gasteiger partial charge in [0.25, 0.3) is 0 Å². The van der Waals surface area contributed by atoms with E-state index in [1.807, 2.05) is 10.6 Å². The van der Waals surface area contributed by atoms with Gasteiger partial charge in [-0.3, -0.25) is 4.90 Å². The molecule has 0 bridgehead atoms. The standard InChI is InChI=1S/C21H31N3O3S/c1-27-13-7-12-24-20(14-22-21(24)28(2,25)26)17-23(16-19-10-6-11-19)15-18-8-4-3-5-9-18/h3-5,8-9,14,19H,6-7,10-13,15-17H2,1-2H3. The Labute approximate surface area is 168 Å². The number of methoxy groups -OCH3 is 1. The lowest BCUT2D eigenvalue weighted by atomic mass is 9.85. The Morgan fingerprint density at radius 3 is 2.57 bits per heavy atom. The number of sulfone groups is 1. The molecule has 1 aliphatic rings. The van der Waals surface area contributed by atoms with E-state index < -0.39 is 9.84 Å². The van der Waals surface area contributed by atoms with Gasteiger partial charge in [0.1, 0.15) is 0 Å². The zero-order chi connectivity index (χ0) is 20.0. The molecule has 1 aliphatic carbocycles. The van der Waals surface area contributed by atoms with Crippen LogP contribution in [-0.2, 0) is 34.2 Å². The third-order valence-corrected chi connectivity index (χ3v) is 6.33. The Morgan fingerprint density at radius 1 is 1.21 bits per heavy atom. The Hall–Kier alpha value is -1.70. The zero-order valence-electron chi connectivity index (χ0n) is 16.9. The summed E-state index contributed by atoms with van der Waals surface area (Å²) in [6.45, 7) is 3.77. The molecule has 6 nitrogen and oxygen atoms in total. The van der Waals surface area contributed by atoms with Crippen molar-refractivity contribution < 1.29 is 13.2 Å². The van der Waals surface area contributed by atoms with Gasteiger partial charge in [-0.1, -0.05) is 36.8 Å². The summed E-state index contributed by atoms with van der Waals surface area (Å²) in [5.41, 5.74) is 2.22. The quantitative estimate of drug-likeness (QED) is 0.538. The van der Waals surface area contributed by atoms with Crippen molar-refractivity contribution in [3.63, 3.8) is 0 Å². The summed E-state index contributed by atoms with van der Waals surface area (Å²) in [4.78, 5) is 6.67. The van der Waals surface area contributed by atoms with Crippen LogP contribution in [0.3, 0.4) is 0 Å². The molecule has 1 saturated carbocycles. The highest BCUT2D eigenvalue weighted by Crippen LogP contribution is 2.28. The molecular weight excluding hydrogens is 374 g/mol. The Kier molecular flexibility index (Phi) is 7.26. The molecule has 0 amide bonds. The number of hydrogen-bond donors (Lipinski definition) is 0. The van der Waals surface area contributed by atoms with E-state index >= 15 is 0 Å². The van der Waals surface area contributed by atoms with Crippen LogP contribution in [-0.4, -0.2) is 49.4 Å². The molecule has 7 heteroatoms. The average Bonchev–Trinajstić information content (AvgIpc) is 3.02. The largest absolute Gasteiger partial charge is 0.385 e. The highest BCUT2D eigenvalue weighted by atomic mass is 32.2. The van der Waals surface area contributed by atoms with Crippen molar-refractivity contribution in [3.05, 3.63) is 47.8 Å². The van der Waals surface area contributed by atoms with Gasteiger partial charge in [0.15, 0.2) is 0 Å². The van der Waals surface area contributed by atoms with Crippen LogP contribution in [0.5, 0.6) is 0 Å². The first-order valence-electron chi connectivity index (χ1n) is 9.97. The third-order valence-electron chi connectivity index (χ3n) is 5.34. The molecule has 0 spiro atoms. The maximum absolute atomic E-state index is 12.2. The number of hydrogen-bond acceptors (Lipinski definition) is 5. The lowest BCUT2D eigenvalue weighted by Crippen LogP contribution is -2.32. The Morgan fingerprint density at radius 2 is 1.96 bits per heavy atom. The molecule has 0 radical (unpaired) electrons. The fourth-order valence-electron chi connectivity index (χ4n) is 3.72. The molecule has 28 heavy (non-hydrogen) atoms. The number of ether oxygens (including phenoxy) is 1. The second-order valence-corrected chi connectivity index (χ2v) is 9.66. The van der Waals surface area contributed by atoms with Crippen molar-refractivity contribution in [2.45, 2.75) is 50.5 Å². The van der Waals surface area contributed by atoms with Crippen molar-refractivity contribution in [2.24, 2.45) is 5.92 Å².